The van der Waals surface area contributed by atoms with Gasteiger partial charge in [0, 0.05) is 11.8 Å². The van der Waals surface area contributed by atoms with Crippen molar-refractivity contribution in [3.05, 3.63) is 100 Å². The standard InChI is InChI=1S/C28H26N2O5/c1-16(2)18-9-11-19(12-10-18)24-23(25(31)20-7-5-17(3)6-8-20)26(32)27(33)30(24)22-14-13-21(15-29-22)28(34)35-4/h5-16,24,31H,1-4H3/b25-23-. The molecule has 1 amide bonds. The number of ether oxygens (including phenoxy) is 1. The van der Waals surface area contributed by atoms with E-state index in [2.05, 4.69) is 18.8 Å². The minimum absolute atomic E-state index is 0.0185. The fraction of sp³-hybridized carbons (Fsp3) is 0.214. The second kappa shape index (κ2) is 9.54. The first-order valence-corrected chi connectivity index (χ1v) is 11.2. The molecule has 1 fully saturated rings. The van der Waals surface area contributed by atoms with Crippen molar-refractivity contribution in [3.63, 3.8) is 0 Å². The van der Waals surface area contributed by atoms with Crippen LogP contribution >= 0.6 is 0 Å². The summed E-state index contributed by atoms with van der Waals surface area (Å²) in [4.78, 5) is 43.8. The number of aromatic nitrogens is 1. The third-order valence-corrected chi connectivity index (χ3v) is 6.10. The third kappa shape index (κ3) is 4.45. The minimum Gasteiger partial charge on any atom is -0.507 e. The van der Waals surface area contributed by atoms with Crippen LogP contribution in [0.15, 0.2) is 72.4 Å². The molecular weight excluding hydrogens is 444 g/mol. The van der Waals surface area contributed by atoms with Crippen LogP contribution < -0.4 is 4.90 Å². The van der Waals surface area contributed by atoms with Crippen LogP contribution in [-0.4, -0.2) is 34.9 Å². The second-order valence-corrected chi connectivity index (χ2v) is 8.75. The molecule has 1 aromatic heterocycles. The maximum absolute atomic E-state index is 13.2. The Morgan fingerprint density at radius 2 is 1.60 bits per heavy atom. The molecule has 1 aliphatic heterocycles. The molecule has 0 spiro atoms. The average Bonchev–Trinajstić information content (AvgIpc) is 3.14. The summed E-state index contributed by atoms with van der Waals surface area (Å²) in [6.07, 6.45) is 1.29. The molecule has 0 saturated carbocycles. The van der Waals surface area contributed by atoms with E-state index in [0.717, 1.165) is 11.1 Å². The molecule has 0 radical (unpaired) electrons. The van der Waals surface area contributed by atoms with Gasteiger partial charge in [-0.2, -0.15) is 0 Å². The first-order valence-electron chi connectivity index (χ1n) is 11.2. The highest BCUT2D eigenvalue weighted by molar-refractivity contribution is 6.51. The van der Waals surface area contributed by atoms with Gasteiger partial charge >= 0.3 is 11.9 Å². The van der Waals surface area contributed by atoms with Gasteiger partial charge in [0.15, 0.2) is 0 Å². The molecule has 0 bridgehead atoms. The zero-order valence-corrected chi connectivity index (χ0v) is 20.0. The number of hydrogen-bond donors (Lipinski definition) is 1. The highest BCUT2D eigenvalue weighted by Gasteiger charge is 2.47. The van der Waals surface area contributed by atoms with Gasteiger partial charge in [0.1, 0.15) is 11.6 Å². The first kappa shape index (κ1) is 23.9. The number of rotatable bonds is 5. The minimum atomic E-state index is -0.894. The SMILES string of the molecule is COC(=O)c1ccc(N2C(=O)C(=O)/C(=C(\O)c3ccc(C)cc3)C2c2ccc(C(C)C)cc2)nc1. The van der Waals surface area contributed by atoms with Crippen molar-refractivity contribution in [1.29, 1.82) is 0 Å². The maximum atomic E-state index is 13.2. The van der Waals surface area contributed by atoms with Gasteiger partial charge in [-0.15, -0.1) is 0 Å². The molecule has 2 aromatic carbocycles. The fourth-order valence-corrected chi connectivity index (χ4v) is 4.08. The molecule has 3 aromatic rings. The normalized spacial score (nSPS) is 17.2. The lowest BCUT2D eigenvalue weighted by molar-refractivity contribution is -0.132. The van der Waals surface area contributed by atoms with Crippen molar-refractivity contribution < 1.29 is 24.2 Å². The van der Waals surface area contributed by atoms with Crippen LogP contribution in [0.3, 0.4) is 0 Å². The Labute approximate surface area is 203 Å². The van der Waals surface area contributed by atoms with Crippen molar-refractivity contribution in [1.82, 2.24) is 4.98 Å². The van der Waals surface area contributed by atoms with Crippen LogP contribution in [0, 0.1) is 6.92 Å². The van der Waals surface area contributed by atoms with E-state index in [0.29, 0.717) is 17.0 Å². The van der Waals surface area contributed by atoms with Gasteiger partial charge < -0.3 is 9.84 Å². The molecule has 178 valence electrons. The molecule has 1 saturated heterocycles. The van der Waals surface area contributed by atoms with Gasteiger partial charge in [-0.25, -0.2) is 9.78 Å². The topological polar surface area (TPSA) is 96.8 Å². The van der Waals surface area contributed by atoms with E-state index >= 15 is 0 Å². The highest BCUT2D eigenvalue weighted by atomic mass is 16.5. The predicted molar refractivity (Wildman–Crippen MR) is 132 cm³/mol. The number of esters is 1. The number of hydrogen-bond acceptors (Lipinski definition) is 6. The Morgan fingerprint density at radius 3 is 2.14 bits per heavy atom. The number of pyridine rings is 1. The van der Waals surface area contributed by atoms with E-state index in [1.165, 1.54) is 30.3 Å². The molecule has 1 unspecified atom stereocenters. The molecule has 0 aliphatic carbocycles. The van der Waals surface area contributed by atoms with Gasteiger partial charge in [0.05, 0.1) is 24.3 Å². The van der Waals surface area contributed by atoms with Crippen molar-refractivity contribution >= 4 is 29.2 Å². The number of carbonyl (C=O) groups is 3. The van der Waals surface area contributed by atoms with Crippen LogP contribution in [0.5, 0.6) is 0 Å². The highest BCUT2D eigenvalue weighted by Crippen LogP contribution is 2.41. The molecular formula is C28H26N2O5. The van der Waals surface area contributed by atoms with Crippen LogP contribution in [0.25, 0.3) is 5.76 Å². The molecule has 1 N–H and O–H groups in total. The van der Waals surface area contributed by atoms with E-state index in [1.54, 1.807) is 12.1 Å². The molecule has 7 heteroatoms. The summed E-state index contributed by atoms with van der Waals surface area (Å²) in [7, 11) is 1.26. The van der Waals surface area contributed by atoms with Gasteiger partial charge in [-0.3, -0.25) is 14.5 Å². The van der Waals surface area contributed by atoms with Crippen LogP contribution in [0.4, 0.5) is 5.82 Å². The van der Waals surface area contributed by atoms with E-state index in [4.69, 9.17) is 4.74 Å². The largest absolute Gasteiger partial charge is 0.507 e. The van der Waals surface area contributed by atoms with E-state index in [-0.39, 0.29) is 22.7 Å². The monoisotopic (exact) mass is 470 g/mol. The summed E-state index contributed by atoms with van der Waals surface area (Å²) < 4.78 is 4.71. The molecule has 35 heavy (non-hydrogen) atoms. The Bertz CT molecular complexity index is 1310. The van der Waals surface area contributed by atoms with E-state index < -0.39 is 23.7 Å². The van der Waals surface area contributed by atoms with Gasteiger partial charge in [0.2, 0.25) is 0 Å². The lowest BCUT2D eigenvalue weighted by atomic mass is 9.93. The zero-order valence-electron chi connectivity index (χ0n) is 20.0. The summed E-state index contributed by atoms with van der Waals surface area (Å²) in [6, 6.07) is 16.7. The number of aliphatic hydroxyl groups is 1. The summed E-state index contributed by atoms with van der Waals surface area (Å²) in [6.45, 7) is 6.07. The Morgan fingerprint density at radius 1 is 0.971 bits per heavy atom. The fourth-order valence-electron chi connectivity index (χ4n) is 4.08. The average molecular weight is 471 g/mol. The summed E-state index contributed by atoms with van der Waals surface area (Å²) in [5.41, 5.74) is 3.38. The first-order chi connectivity index (χ1) is 16.7. The third-order valence-electron chi connectivity index (χ3n) is 6.10. The van der Waals surface area contributed by atoms with Crippen molar-refractivity contribution in [2.75, 3.05) is 12.0 Å². The number of carbonyl (C=O) groups excluding carboxylic acids is 3. The molecule has 1 atom stereocenters. The molecule has 1 aliphatic rings. The van der Waals surface area contributed by atoms with E-state index in [9.17, 15) is 19.5 Å². The van der Waals surface area contributed by atoms with Crippen LogP contribution in [0.1, 0.15) is 58.4 Å². The Kier molecular flexibility index (Phi) is 6.51. The molecule has 7 nitrogen and oxygen atoms in total. The number of methoxy groups -OCH3 is 1. The van der Waals surface area contributed by atoms with Gasteiger partial charge in [-0.05, 0) is 36.1 Å². The molecule has 2 heterocycles. The lowest BCUT2D eigenvalue weighted by Crippen LogP contribution is -2.30. The van der Waals surface area contributed by atoms with Crippen LogP contribution in [0.2, 0.25) is 0 Å². The number of amides is 1. The van der Waals surface area contributed by atoms with Crippen molar-refractivity contribution in [2.24, 2.45) is 0 Å². The second-order valence-electron chi connectivity index (χ2n) is 8.75. The number of nitrogens with zero attached hydrogens (tertiary/aromatic N) is 2. The number of benzene rings is 2. The number of anilines is 1. The van der Waals surface area contributed by atoms with Crippen LogP contribution in [-0.2, 0) is 14.3 Å². The van der Waals surface area contributed by atoms with Gasteiger partial charge in [0.25, 0.3) is 5.78 Å². The predicted octanol–water partition coefficient (Wildman–Crippen LogP) is 4.93. The zero-order chi connectivity index (χ0) is 25.3. The summed E-state index contributed by atoms with van der Waals surface area (Å²) in [5, 5.41) is 11.2. The molecule has 4 rings (SSSR count). The van der Waals surface area contributed by atoms with Crippen molar-refractivity contribution in [3.8, 4) is 0 Å². The van der Waals surface area contributed by atoms with Gasteiger partial charge in [-0.1, -0.05) is 67.9 Å². The lowest BCUT2D eigenvalue weighted by Gasteiger charge is -2.25. The smallest absolute Gasteiger partial charge is 0.339 e. The number of aliphatic hydroxyl groups excluding tert-OH is 1. The summed E-state index contributed by atoms with van der Waals surface area (Å²) >= 11 is 0. The van der Waals surface area contributed by atoms with Crippen molar-refractivity contribution in [2.45, 2.75) is 32.7 Å². The number of ketones is 1. The Hall–Kier alpha value is -4.26. The Balaban J connectivity index is 1.88. The number of Topliss-reactive ketones (excluding diaryl/α,β-unsaturated/α-hetero) is 1. The quantitative estimate of drug-likeness (QED) is 0.246. The van der Waals surface area contributed by atoms with E-state index in [1.807, 2.05) is 43.3 Å². The maximum Gasteiger partial charge on any atom is 0.339 e. The number of aryl methyl sites for hydroxylation is 1. The summed E-state index contributed by atoms with van der Waals surface area (Å²) in [5.74, 6) is -1.95.